The average Bonchev–Trinajstić information content (AvgIpc) is 2.91. The van der Waals surface area contributed by atoms with Crippen LogP contribution in [0.1, 0.15) is 6.92 Å². The first-order valence-electron chi connectivity index (χ1n) is 11.9. The Morgan fingerprint density at radius 3 is 1.67 bits per heavy atom. The second kappa shape index (κ2) is 12.7. The van der Waals surface area contributed by atoms with Crippen LogP contribution in [-0.2, 0) is 19.0 Å². The fourth-order valence-corrected chi connectivity index (χ4v) is 3.76. The van der Waals surface area contributed by atoms with Gasteiger partial charge in [-0.1, -0.05) is 73.3 Å². The van der Waals surface area contributed by atoms with E-state index in [2.05, 4.69) is 6.58 Å². The van der Waals surface area contributed by atoms with Gasteiger partial charge in [0, 0.05) is 27.1 Å². The normalized spacial score (nSPS) is 10.9. The molecule has 0 aliphatic heterocycles. The van der Waals surface area contributed by atoms with Gasteiger partial charge < -0.3 is 23.7 Å². The molecule has 0 atom stereocenters. The second-order valence-electron chi connectivity index (χ2n) is 8.15. The third-order valence-corrected chi connectivity index (χ3v) is 5.45. The van der Waals surface area contributed by atoms with Gasteiger partial charge in [-0.05, 0) is 19.1 Å². The third kappa shape index (κ3) is 6.42. The molecule has 0 aromatic heterocycles. The Labute approximate surface area is 211 Å². The zero-order chi connectivity index (χ0) is 25.2. The van der Waals surface area contributed by atoms with Crippen LogP contribution in [-0.4, -0.2) is 45.6 Å². The van der Waals surface area contributed by atoms with E-state index in [1.54, 1.807) is 6.92 Å². The summed E-state index contributed by atoms with van der Waals surface area (Å²) in [6.07, 6.45) is 0. The smallest absolute Gasteiger partial charge is 0.333 e. The van der Waals surface area contributed by atoms with Gasteiger partial charge in [-0.2, -0.15) is 0 Å². The molecular weight excluding hydrogens is 456 g/mol. The summed E-state index contributed by atoms with van der Waals surface area (Å²) in [5.41, 5.74) is 0.372. The predicted octanol–water partition coefficient (Wildman–Crippen LogP) is 6.32. The molecule has 186 valence electrons. The molecule has 0 fully saturated rings. The number of carbonyl (C=O) groups is 1. The molecule has 0 aliphatic rings. The first-order valence-corrected chi connectivity index (χ1v) is 11.9. The van der Waals surface area contributed by atoms with E-state index in [1.807, 2.05) is 78.9 Å². The summed E-state index contributed by atoms with van der Waals surface area (Å²) in [6, 6.07) is 26.0. The van der Waals surface area contributed by atoms with E-state index in [9.17, 15) is 4.79 Å². The zero-order valence-corrected chi connectivity index (χ0v) is 20.4. The van der Waals surface area contributed by atoms with Gasteiger partial charge in [0.25, 0.3) is 0 Å². The lowest BCUT2D eigenvalue weighted by atomic mass is 10.0. The molecule has 4 aromatic rings. The number of ether oxygens (including phenoxy) is 5. The molecular formula is C30H30O6. The summed E-state index contributed by atoms with van der Waals surface area (Å²) in [5, 5.41) is 3.93. The maximum Gasteiger partial charge on any atom is 0.333 e. The van der Waals surface area contributed by atoms with Gasteiger partial charge >= 0.3 is 5.97 Å². The molecule has 0 spiro atoms. The van der Waals surface area contributed by atoms with Crippen LogP contribution in [0.25, 0.3) is 21.5 Å². The largest absolute Gasteiger partial charge is 0.490 e. The summed E-state index contributed by atoms with van der Waals surface area (Å²) in [5.74, 6) is 1.99. The minimum Gasteiger partial charge on any atom is -0.490 e. The van der Waals surface area contributed by atoms with Crippen molar-refractivity contribution in [1.82, 2.24) is 0 Å². The molecule has 6 nitrogen and oxygen atoms in total. The van der Waals surface area contributed by atoms with Crippen LogP contribution < -0.4 is 9.47 Å². The van der Waals surface area contributed by atoms with Crippen molar-refractivity contribution in [3.8, 4) is 17.2 Å². The van der Waals surface area contributed by atoms with Crippen molar-refractivity contribution < 1.29 is 28.5 Å². The van der Waals surface area contributed by atoms with Gasteiger partial charge in [0.05, 0.1) is 26.4 Å². The van der Waals surface area contributed by atoms with E-state index in [4.69, 9.17) is 23.7 Å². The first kappa shape index (κ1) is 25.2. The Morgan fingerprint density at radius 1 is 0.639 bits per heavy atom. The molecule has 4 rings (SSSR count). The molecule has 4 aromatic carbocycles. The van der Waals surface area contributed by atoms with E-state index in [1.165, 1.54) is 0 Å². The molecule has 0 saturated carbocycles. The minimum absolute atomic E-state index is 0.193. The standard InChI is InChI=1S/C30H30O6/c1-22(2)30(31)35-21-19-33-17-16-32-18-20-34-28-24-12-6-8-14-26(24)29(27-15-9-7-13-25(27)28)36-23-10-4-3-5-11-23/h3-15H,1,16-21H2,2H3. The number of benzene rings is 4. The van der Waals surface area contributed by atoms with Crippen LogP contribution in [0.3, 0.4) is 0 Å². The van der Waals surface area contributed by atoms with Crippen LogP contribution in [0.5, 0.6) is 17.2 Å². The molecule has 0 radical (unpaired) electrons. The molecule has 36 heavy (non-hydrogen) atoms. The van der Waals surface area contributed by atoms with E-state index in [-0.39, 0.29) is 6.61 Å². The van der Waals surface area contributed by atoms with Crippen LogP contribution in [0.2, 0.25) is 0 Å². The van der Waals surface area contributed by atoms with E-state index >= 15 is 0 Å². The van der Waals surface area contributed by atoms with Crippen molar-refractivity contribution in [3.63, 3.8) is 0 Å². The SMILES string of the molecule is C=C(C)C(=O)OCCOCCOCCOc1c2ccccc2c(Oc2ccccc2)c2ccccc12. The monoisotopic (exact) mass is 486 g/mol. The highest BCUT2D eigenvalue weighted by Crippen LogP contribution is 2.44. The topological polar surface area (TPSA) is 63.2 Å². The highest BCUT2D eigenvalue weighted by Gasteiger charge is 2.16. The summed E-state index contributed by atoms with van der Waals surface area (Å²) in [4.78, 5) is 11.3. The lowest BCUT2D eigenvalue weighted by Gasteiger charge is -2.17. The average molecular weight is 487 g/mol. The van der Waals surface area contributed by atoms with Gasteiger partial charge in [0.15, 0.2) is 0 Å². The van der Waals surface area contributed by atoms with Crippen molar-refractivity contribution in [3.05, 3.63) is 91.0 Å². The summed E-state index contributed by atoms with van der Waals surface area (Å²) in [7, 11) is 0. The zero-order valence-electron chi connectivity index (χ0n) is 20.4. The maximum absolute atomic E-state index is 11.3. The van der Waals surface area contributed by atoms with Gasteiger partial charge in [0.1, 0.15) is 30.5 Å². The lowest BCUT2D eigenvalue weighted by Crippen LogP contribution is -2.14. The summed E-state index contributed by atoms with van der Waals surface area (Å²) < 4.78 is 28.6. The van der Waals surface area contributed by atoms with Gasteiger partial charge in [-0.25, -0.2) is 4.79 Å². The predicted molar refractivity (Wildman–Crippen MR) is 141 cm³/mol. The maximum atomic E-state index is 11.3. The van der Waals surface area contributed by atoms with E-state index in [0.717, 1.165) is 38.8 Å². The number of hydrogen-bond acceptors (Lipinski definition) is 6. The minimum atomic E-state index is -0.410. The first-order chi connectivity index (χ1) is 17.6. The van der Waals surface area contributed by atoms with Crippen molar-refractivity contribution in [2.75, 3.05) is 39.6 Å². The second-order valence-corrected chi connectivity index (χ2v) is 8.15. The molecule has 0 heterocycles. The number of esters is 1. The Kier molecular flexibility index (Phi) is 8.92. The van der Waals surface area contributed by atoms with Crippen molar-refractivity contribution in [2.24, 2.45) is 0 Å². The van der Waals surface area contributed by atoms with Crippen LogP contribution in [0.4, 0.5) is 0 Å². The highest BCUT2D eigenvalue weighted by molar-refractivity contribution is 6.11. The Bertz CT molecular complexity index is 1260. The third-order valence-electron chi connectivity index (χ3n) is 5.45. The lowest BCUT2D eigenvalue weighted by molar-refractivity contribution is -0.140. The van der Waals surface area contributed by atoms with Crippen LogP contribution in [0.15, 0.2) is 91.0 Å². The number of para-hydroxylation sites is 1. The number of carbonyl (C=O) groups excluding carboxylic acids is 1. The number of rotatable bonds is 13. The molecule has 0 saturated heterocycles. The van der Waals surface area contributed by atoms with E-state index < -0.39 is 5.97 Å². The number of hydrogen-bond donors (Lipinski definition) is 0. The summed E-state index contributed by atoms with van der Waals surface area (Å²) >= 11 is 0. The van der Waals surface area contributed by atoms with Crippen molar-refractivity contribution >= 4 is 27.5 Å². The Hall–Kier alpha value is -3.87. The molecule has 0 bridgehead atoms. The molecule has 0 N–H and O–H groups in total. The fraction of sp³-hybridized carbons (Fsp3) is 0.233. The van der Waals surface area contributed by atoms with Gasteiger partial charge in [0.2, 0.25) is 0 Å². The van der Waals surface area contributed by atoms with Crippen molar-refractivity contribution in [2.45, 2.75) is 6.92 Å². The van der Waals surface area contributed by atoms with E-state index in [0.29, 0.717) is 38.6 Å². The van der Waals surface area contributed by atoms with Gasteiger partial charge in [-0.15, -0.1) is 0 Å². The number of fused-ring (bicyclic) bond motifs is 2. The van der Waals surface area contributed by atoms with Crippen molar-refractivity contribution in [1.29, 1.82) is 0 Å². The molecule has 6 heteroatoms. The Balaban J connectivity index is 1.37. The highest BCUT2D eigenvalue weighted by atomic mass is 16.6. The quantitative estimate of drug-likeness (QED) is 0.0954. The molecule has 0 unspecified atom stereocenters. The summed E-state index contributed by atoms with van der Waals surface area (Å²) in [6.45, 7) is 7.28. The van der Waals surface area contributed by atoms with Crippen LogP contribution in [0, 0.1) is 0 Å². The Morgan fingerprint density at radius 2 is 1.11 bits per heavy atom. The molecule has 0 amide bonds. The fourth-order valence-electron chi connectivity index (χ4n) is 3.76. The van der Waals surface area contributed by atoms with Crippen LogP contribution >= 0.6 is 0 Å². The molecule has 0 aliphatic carbocycles. The van der Waals surface area contributed by atoms with Gasteiger partial charge in [-0.3, -0.25) is 0 Å².